The zero-order valence-corrected chi connectivity index (χ0v) is 9.17. The van der Waals surface area contributed by atoms with Gasteiger partial charge in [-0.05, 0) is 0 Å². The normalized spacial score (nSPS) is 10.0. The molecule has 9 heavy (non-hydrogen) atoms. The van der Waals surface area contributed by atoms with Crippen molar-refractivity contribution in [3.8, 4) is 0 Å². The summed E-state index contributed by atoms with van der Waals surface area (Å²) in [4.78, 5) is 0. The molecule has 0 aliphatic carbocycles. The van der Waals surface area contributed by atoms with Crippen LogP contribution in [0.1, 0.15) is 39.0 Å². The molecular formula is C7H17NSn. The first-order valence-electron chi connectivity index (χ1n) is 3.85. The second kappa shape index (κ2) is 8.76. The molecule has 2 heteroatoms. The van der Waals surface area contributed by atoms with Gasteiger partial charge in [0, 0.05) is 0 Å². The SMILES string of the molecule is CCCCCC[CH2][Sn][NH2]. The first-order valence-corrected chi connectivity index (χ1v) is 7.52. The van der Waals surface area contributed by atoms with Crippen LogP contribution in [0.2, 0.25) is 4.44 Å². The van der Waals surface area contributed by atoms with Gasteiger partial charge in [0.15, 0.2) is 0 Å². The summed E-state index contributed by atoms with van der Waals surface area (Å²) >= 11 is -0.341. The number of hydrogen-bond donors (Lipinski definition) is 1. The van der Waals surface area contributed by atoms with E-state index in [-0.39, 0.29) is 21.4 Å². The summed E-state index contributed by atoms with van der Waals surface area (Å²) in [5.41, 5.74) is 0. The monoisotopic (exact) mass is 235 g/mol. The van der Waals surface area contributed by atoms with Crippen LogP contribution in [-0.4, -0.2) is 21.4 Å². The summed E-state index contributed by atoms with van der Waals surface area (Å²) in [6, 6.07) is 0. The third-order valence-electron chi connectivity index (χ3n) is 1.42. The molecule has 0 rings (SSSR count). The molecule has 0 aliphatic rings. The van der Waals surface area contributed by atoms with Gasteiger partial charge in [-0.1, -0.05) is 0 Å². The molecule has 0 aliphatic heterocycles. The van der Waals surface area contributed by atoms with Crippen molar-refractivity contribution in [1.82, 2.24) is 0 Å². The molecule has 0 atom stereocenters. The Kier molecular flexibility index (Phi) is 9.50. The van der Waals surface area contributed by atoms with Gasteiger partial charge in [-0.25, -0.2) is 0 Å². The van der Waals surface area contributed by atoms with Crippen molar-refractivity contribution in [2.45, 2.75) is 43.5 Å². The quantitative estimate of drug-likeness (QED) is 0.551. The van der Waals surface area contributed by atoms with Crippen molar-refractivity contribution in [3.63, 3.8) is 0 Å². The topological polar surface area (TPSA) is 26.0 Å². The van der Waals surface area contributed by atoms with E-state index in [1.165, 1.54) is 36.5 Å². The molecular weight excluding hydrogens is 217 g/mol. The first-order chi connectivity index (χ1) is 4.41. The Morgan fingerprint density at radius 1 is 1.11 bits per heavy atom. The summed E-state index contributed by atoms with van der Waals surface area (Å²) in [7, 11) is 0. The van der Waals surface area contributed by atoms with Crippen LogP contribution in [0.15, 0.2) is 0 Å². The molecule has 0 bridgehead atoms. The average Bonchev–Trinajstić information content (AvgIpc) is 1.89. The predicted molar refractivity (Wildman–Crippen MR) is 43.5 cm³/mol. The number of rotatable bonds is 6. The minimum atomic E-state index is -0.341. The van der Waals surface area contributed by atoms with E-state index in [0.717, 1.165) is 0 Å². The van der Waals surface area contributed by atoms with Crippen LogP contribution in [0, 0.1) is 0 Å². The predicted octanol–water partition coefficient (Wildman–Crippen LogP) is 1.95. The van der Waals surface area contributed by atoms with Gasteiger partial charge in [0.1, 0.15) is 0 Å². The fourth-order valence-electron chi connectivity index (χ4n) is 0.831. The van der Waals surface area contributed by atoms with Crippen LogP contribution in [-0.2, 0) is 0 Å². The molecule has 0 saturated heterocycles. The summed E-state index contributed by atoms with van der Waals surface area (Å²) in [6.45, 7) is 2.25. The van der Waals surface area contributed by atoms with Crippen molar-refractivity contribution in [3.05, 3.63) is 0 Å². The molecule has 0 unspecified atom stereocenters. The van der Waals surface area contributed by atoms with Gasteiger partial charge in [0.2, 0.25) is 0 Å². The molecule has 2 radical (unpaired) electrons. The van der Waals surface area contributed by atoms with Crippen molar-refractivity contribution < 1.29 is 0 Å². The Morgan fingerprint density at radius 3 is 2.33 bits per heavy atom. The van der Waals surface area contributed by atoms with E-state index in [9.17, 15) is 0 Å². The Balaban J connectivity index is 2.60. The van der Waals surface area contributed by atoms with E-state index >= 15 is 0 Å². The van der Waals surface area contributed by atoms with Crippen LogP contribution in [0.25, 0.3) is 0 Å². The number of hydrogen-bond acceptors (Lipinski definition) is 1. The fraction of sp³-hybridized carbons (Fsp3) is 1.00. The maximum atomic E-state index is 5.51. The van der Waals surface area contributed by atoms with E-state index in [1.54, 1.807) is 0 Å². The second-order valence-corrected chi connectivity index (χ2v) is 4.96. The third kappa shape index (κ3) is 8.76. The van der Waals surface area contributed by atoms with Crippen LogP contribution < -0.4 is 3.96 Å². The van der Waals surface area contributed by atoms with Gasteiger partial charge in [0.25, 0.3) is 0 Å². The number of unbranched alkanes of at least 4 members (excludes halogenated alkanes) is 4. The molecule has 2 N–H and O–H groups in total. The summed E-state index contributed by atoms with van der Waals surface area (Å²) in [6.07, 6.45) is 7.02. The molecule has 0 saturated carbocycles. The molecule has 1 nitrogen and oxygen atoms in total. The van der Waals surface area contributed by atoms with Crippen LogP contribution in [0.3, 0.4) is 0 Å². The van der Waals surface area contributed by atoms with E-state index in [2.05, 4.69) is 6.92 Å². The molecule has 0 heterocycles. The van der Waals surface area contributed by atoms with Crippen LogP contribution >= 0.6 is 0 Å². The first kappa shape index (κ1) is 9.76. The van der Waals surface area contributed by atoms with E-state index in [1.807, 2.05) is 0 Å². The van der Waals surface area contributed by atoms with Crippen molar-refractivity contribution in [2.75, 3.05) is 0 Å². The van der Waals surface area contributed by atoms with E-state index in [0.29, 0.717) is 0 Å². The van der Waals surface area contributed by atoms with Crippen LogP contribution in [0.5, 0.6) is 0 Å². The Morgan fingerprint density at radius 2 is 1.78 bits per heavy atom. The van der Waals surface area contributed by atoms with Crippen molar-refractivity contribution in [2.24, 2.45) is 3.96 Å². The fourth-order valence-corrected chi connectivity index (χ4v) is 2.13. The second-order valence-electron chi connectivity index (χ2n) is 2.37. The number of nitrogens with two attached hydrogens (primary N) is 1. The van der Waals surface area contributed by atoms with Gasteiger partial charge < -0.3 is 0 Å². The Hall–Kier alpha value is 0.759. The van der Waals surface area contributed by atoms with Gasteiger partial charge in [-0.2, -0.15) is 0 Å². The molecule has 0 aromatic rings. The van der Waals surface area contributed by atoms with E-state index in [4.69, 9.17) is 3.96 Å². The van der Waals surface area contributed by atoms with Crippen molar-refractivity contribution >= 4 is 21.4 Å². The molecule has 0 amide bonds. The van der Waals surface area contributed by atoms with Crippen molar-refractivity contribution in [1.29, 1.82) is 0 Å². The molecule has 0 spiro atoms. The standard InChI is InChI=1S/C7H15.H2N.Sn/c1-3-5-7-6-4-2;;/h1,3-7H2,2H3;1H2;/q;-1;+1. The summed E-state index contributed by atoms with van der Waals surface area (Å²) in [5, 5.41) is 0. The zero-order chi connectivity index (χ0) is 6.95. The third-order valence-corrected chi connectivity index (χ3v) is 3.26. The average molecular weight is 234 g/mol. The minimum absolute atomic E-state index is 0.341. The maximum absolute atomic E-state index is 5.51. The van der Waals surface area contributed by atoms with E-state index < -0.39 is 0 Å². The molecule has 54 valence electrons. The Bertz CT molecular complexity index is 42.2. The van der Waals surface area contributed by atoms with Gasteiger partial charge in [0.05, 0.1) is 0 Å². The van der Waals surface area contributed by atoms with Gasteiger partial charge in [-0.15, -0.1) is 0 Å². The molecule has 0 fully saturated rings. The van der Waals surface area contributed by atoms with Gasteiger partial charge >= 0.3 is 68.8 Å². The Labute approximate surface area is 69.0 Å². The molecule has 0 aromatic heterocycles. The van der Waals surface area contributed by atoms with Crippen LogP contribution in [0.4, 0.5) is 0 Å². The van der Waals surface area contributed by atoms with Gasteiger partial charge in [-0.3, -0.25) is 0 Å². The zero-order valence-electron chi connectivity index (χ0n) is 6.32. The molecule has 0 aromatic carbocycles. The summed E-state index contributed by atoms with van der Waals surface area (Å²) < 4.78 is 6.90. The summed E-state index contributed by atoms with van der Waals surface area (Å²) in [5.74, 6) is 0.